The van der Waals surface area contributed by atoms with Crippen LogP contribution >= 0.6 is 0 Å². The van der Waals surface area contributed by atoms with E-state index in [2.05, 4.69) is 15.6 Å². The van der Waals surface area contributed by atoms with Crippen molar-refractivity contribution in [3.63, 3.8) is 0 Å². The van der Waals surface area contributed by atoms with E-state index in [1.54, 1.807) is 25.3 Å². The normalized spacial score (nSPS) is 11.6. The molecule has 0 radical (unpaired) electrons. The first-order chi connectivity index (χ1) is 8.13. The van der Waals surface area contributed by atoms with Crippen LogP contribution in [0.1, 0.15) is 19.0 Å². The second-order valence-electron chi connectivity index (χ2n) is 3.45. The molecule has 0 aromatic carbocycles. The summed E-state index contributed by atoms with van der Waals surface area (Å²) in [4.78, 5) is 26.1. The van der Waals surface area contributed by atoms with Gasteiger partial charge in [0.25, 0.3) is 0 Å². The van der Waals surface area contributed by atoms with E-state index in [1.165, 1.54) is 0 Å². The van der Waals surface area contributed by atoms with Crippen molar-refractivity contribution < 1.29 is 14.7 Å². The molecule has 1 atom stereocenters. The quantitative estimate of drug-likeness (QED) is 0.704. The topological polar surface area (TPSA) is 91.3 Å². The number of rotatable bonds is 5. The molecule has 0 aliphatic heterocycles. The number of hydrogen-bond donors (Lipinski definition) is 3. The van der Waals surface area contributed by atoms with Gasteiger partial charge in [-0.15, -0.1) is 0 Å². The van der Waals surface area contributed by atoms with Crippen molar-refractivity contribution in [3.8, 4) is 0 Å². The van der Waals surface area contributed by atoms with Gasteiger partial charge in [0.2, 0.25) is 0 Å². The lowest BCUT2D eigenvalue weighted by atomic mass is 10.2. The Morgan fingerprint density at radius 3 is 2.76 bits per heavy atom. The van der Waals surface area contributed by atoms with Crippen molar-refractivity contribution in [2.75, 3.05) is 0 Å². The molecule has 1 aromatic heterocycles. The average Bonchev–Trinajstić information content (AvgIpc) is 2.34. The number of carbonyl (C=O) groups is 2. The molecular formula is C11H15N3O3. The van der Waals surface area contributed by atoms with Gasteiger partial charge in [0.15, 0.2) is 0 Å². The highest BCUT2D eigenvalue weighted by atomic mass is 16.4. The van der Waals surface area contributed by atoms with E-state index in [1.807, 2.05) is 6.07 Å². The molecule has 0 aliphatic carbocycles. The number of urea groups is 1. The summed E-state index contributed by atoms with van der Waals surface area (Å²) in [6, 6.07) is 3.99. The van der Waals surface area contributed by atoms with E-state index in [0.29, 0.717) is 12.1 Å². The Hall–Kier alpha value is -2.11. The zero-order chi connectivity index (χ0) is 12.7. The Morgan fingerprint density at radius 1 is 1.47 bits per heavy atom. The Morgan fingerprint density at radius 2 is 2.24 bits per heavy atom. The van der Waals surface area contributed by atoms with Crippen LogP contribution in [0.25, 0.3) is 0 Å². The minimum Gasteiger partial charge on any atom is -0.480 e. The molecule has 2 amide bonds. The van der Waals surface area contributed by atoms with E-state index in [9.17, 15) is 9.59 Å². The Labute approximate surface area is 99.1 Å². The number of aliphatic carboxylic acids is 1. The summed E-state index contributed by atoms with van der Waals surface area (Å²) < 4.78 is 0. The lowest BCUT2D eigenvalue weighted by Crippen LogP contribution is -2.45. The first kappa shape index (κ1) is 13.0. The van der Waals surface area contributed by atoms with E-state index in [4.69, 9.17) is 5.11 Å². The molecule has 0 aliphatic rings. The van der Waals surface area contributed by atoms with Crippen molar-refractivity contribution >= 4 is 12.0 Å². The summed E-state index contributed by atoms with van der Waals surface area (Å²) in [5.41, 5.74) is 0.714. The summed E-state index contributed by atoms with van der Waals surface area (Å²) in [5, 5.41) is 13.7. The largest absolute Gasteiger partial charge is 0.480 e. The number of pyridine rings is 1. The lowest BCUT2D eigenvalue weighted by Gasteiger charge is -2.12. The maximum atomic E-state index is 11.4. The minimum atomic E-state index is -1.04. The highest BCUT2D eigenvalue weighted by molar-refractivity contribution is 5.82. The molecule has 0 bridgehead atoms. The van der Waals surface area contributed by atoms with Gasteiger partial charge in [-0.25, -0.2) is 9.59 Å². The fraction of sp³-hybridized carbons (Fsp3) is 0.364. The standard InChI is InChI=1S/C11H15N3O3/c1-2-9(10(15)16)14-11(17)13-7-8-5-3-4-6-12-8/h3-6,9H,2,7H2,1H3,(H,15,16)(H2,13,14,17)/t9-/m0/s1. The van der Waals surface area contributed by atoms with Crippen molar-refractivity contribution in [3.05, 3.63) is 30.1 Å². The van der Waals surface area contributed by atoms with E-state index < -0.39 is 18.0 Å². The number of nitrogens with one attached hydrogen (secondary N) is 2. The third kappa shape index (κ3) is 4.50. The first-order valence-electron chi connectivity index (χ1n) is 5.30. The summed E-state index contributed by atoms with van der Waals surface area (Å²) in [6.45, 7) is 1.96. The Kier molecular flexibility index (Phi) is 4.93. The van der Waals surface area contributed by atoms with Crippen LogP contribution in [0.5, 0.6) is 0 Å². The number of carbonyl (C=O) groups excluding carboxylic acids is 1. The number of amides is 2. The first-order valence-corrected chi connectivity index (χ1v) is 5.30. The predicted molar refractivity (Wildman–Crippen MR) is 61.3 cm³/mol. The molecule has 0 fully saturated rings. The Bertz CT molecular complexity index is 381. The Balaban J connectivity index is 2.37. The van der Waals surface area contributed by atoms with Crippen LogP contribution in [0.15, 0.2) is 24.4 Å². The van der Waals surface area contributed by atoms with E-state index in [-0.39, 0.29) is 6.54 Å². The minimum absolute atomic E-state index is 0.267. The van der Waals surface area contributed by atoms with Gasteiger partial charge in [0.05, 0.1) is 12.2 Å². The second kappa shape index (κ2) is 6.47. The van der Waals surface area contributed by atoms with Crippen LogP contribution in [0.4, 0.5) is 4.79 Å². The molecule has 0 unspecified atom stereocenters. The smallest absolute Gasteiger partial charge is 0.326 e. The van der Waals surface area contributed by atoms with E-state index in [0.717, 1.165) is 0 Å². The molecule has 1 heterocycles. The maximum Gasteiger partial charge on any atom is 0.326 e. The molecule has 0 spiro atoms. The van der Waals surface area contributed by atoms with Crippen LogP contribution in [0, 0.1) is 0 Å². The molecule has 6 nitrogen and oxygen atoms in total. The summed E-state index contributed by atoms with van der Waals surface area (Å²) >= 11 is 0. The van der Waals surface area contributed by atoms with Gasteiger partial charge in [0, 0.05) is 6.20 Å². The summed E-state index contributed by atoms with van der Waals surface area (Å²) in [5.74, 6) is -1.04. The van der Waals surface area contributed by atoms with Crippen LogP contribution in [0.3, 0.4) is 0 Å². The highest BCUT2D eigenvalue weighted by Gasteiger charge is 2.16. The van der Waals surface area contributed by atoms with Crippen LogP contribution < -0.4 is 10.6 Å². The fourth-order valence-corrected chi connectivity index (χ4v) is 1.22. The number of aromatic nitrogens is 1. The average molecular weight is 237 g/mol. The monoisotopic (exact) mass is 237 g/mol. The number of carboxylic acid groups (broad SMARTS) is 1. The molecule has 0 saturated heterocycles. The number of nitrogens with zero attached hydrogens (tertiary/aromatic N) is 1. The SMILES string of the molecule is CC[C@H](NC(=O)NCc1ccccn1)C(=O)O. The summed E-state index contributed by atoms with van der Waals surface area (Å²) in [6.07, 6.45) is 1.97. The zero-order valence-corrected chi connectivity index (χ0v) is 9.51. The molecule has 1 rings (SSSR count). The van der Waals surface area contributed by atoms with Crippen molar-refractivity contribution in [1.29, 1.82) is 0 Å². The fourth-order valence-electron chi connectivity index (χ4n) is 1.22. The number of hydrogen-bond acceptors (Lipinski definition) is 3. The molecule has 17 heavy (non-hydrogen) atoms. The van der Waals surface area contributed by atoms with Gasteiger partial charge in [-0.1, -0.05) is 13.0 Å². The van der Waals surface area contributed by atoms with Gasteiger partial charge >= 0.3 is 12.0 Å². The van der Waals surface area contributed by atoms with Gasteiger partial charge in [-0.2, -0.15) is 0 Å². The van der Waals surface area contributed by atoms with Crippen LogP contribution in [-0.4, -0.2) is 28.1 Å². The van der Waals surface area contributed by atoms with Gasteiger partial charge in [0.1, 0.15) is 6.04 Å². The lowest BCUT2D eigenvalue weighted by molar-refractivity contribution is -0.139. The van der Waals surface area contributed by atoms with E-state index >= 15 is 0 Å². The third-order valence-corrected chi connectivity index (χ3v) is 2.17. The predicted octanol–water partition coefficient (Wildman–Crippen LogP) is 0.744. The van der Waals surface area contributed by atoms with Gasteiger partial charge in [-0.05, 0) is 18.6 Å². The van der Waals surface area contributed by atoms with Crippen molar-refractivity contribution in [2.45, 2.75) is 25.9 Å². The molecular weight excluding hydrogens is 222 g/mol. The van der Waals surface area contributed by atoms with Gasteiger partial charge in [-0.3, -0.25) is 4.98 Å². The molecule has 1 aromatic rings. The molecule has 6 heteroatoms. The zero-order valence-electron chi connectivity index (χ0n) is 9.51. The number of carboxylic acids is 1. The molecule has 92 valence electrons. The third-order valence-electron chi connectivity index (χ3n) is 2.17. The van der Waals surface area contributed by atoms with Crippen LogP contribution in [-0.2, 0) is 11.3 Å². The summed E-state index contributed by atoms with van der Waals surface area (Å²) in [7, 11) is 0. The van der Waals surface area contributed by atoms with Crippen molar-refractivity contribution in [1.82, 2.24) is 15.6 Å². The van der Waals surface area contributed by atoms with Crippen LogP contribution in [0.2, 0.25) is 0 Å². The highest BCUT2D eigenvalue weighted by Crippen LogP contribution is 1.93. The van der Waals surface area contributed by atoms with Crippen molar-refractivity contribution in [2.24, 2.45) is 0 Å². The van der Waals surface area contributed by atoms with Gasteiger partial charge < -0.3 is 15.7 Å². The molecule has 0 saturated carbocycles. The second-order valence-corrected chi connectivity index (χ2v) is 3.45. The molecule has 3 N–H and O–H groups in total. The maximum absolute atomic E-state index is 11.4.